The highest BCUT2D eigenvalue weighted by atomic mass is 35.5. The van der Waals surface area contributed by atoms with E-state index in [9.17, 15) is 0 Å². The van der Waals surface area contributed by atoms with Gasteiger partial charge < -0.3 is 9.30 Å². The van der Waals surface area contributed by atoms with Gasteiger partial charge in [-0.2, -0.15) is 0 Å². The molecule has 0 unspecified atom stereocenters. The molecular weight excluding hydrogens is 212 g/mol. The molecule has 2 rings (SSSR count). The van der Waals surface area contributed by atoms with Gasteiger partial charge in [-0.25, -0.2) is 4.98 Å². The van der Waals surface area contributed by atoms with E-state index in [0.717, 1.165) is 26.1 Å². The standard InChI is InChI=1S/C11H17ClN2O/c1-8(2)14-10(7-13-11(14)12)9-3-5-15-6-4-9/h7-9H,3-6H2,1-2H3. The van der Waals surface area contributed by atoms with E-state index in [4.69, 9.17) is 16.3 Å². The molecule has 0 aromatic carbocycles. The minimum atomic E-state index is 0.373. The molecule has 0 radical (unpaired) electrons. The monoisotopic (exact) mass is 228 g/mol. The molecule has 15 heavy (non-hydrogen) atoms. The average Bonchev–Trinajstić information content (AvgIpc) is 2.61. The summed E-state index contributed by atoms with van der Waals surface area (Å²) in [6, 6.07) is 0.373. The van der Waals surface area contributed by atoms with Crippen molar-refractivity contribution in [2.75, 3.05) is 13.2 Å². The zero-order chi connectivity index (χ0) is 10.8. The third-order valence-electron chi connectivity index (χ3n) is 2.94. The molecule has 1 aliphatic rings. The van der Waals surface area contributed by atoms with Crippen molar-refractivity contribution in [3.8, 4) is 0 Å². The molecule has 1 aromatic rings. The zero-order valence-corrected chi connectivity index (χ0v) is 10.00. The van der Waals surface area contributed by atoms with Crippen molar-refractivity contribution in [3.63, 3.8) is 0 Å². The van der Waals surface area contributed by atoms with Gasteiger partial charge in [-0.3, -0.25) is 0 Å². The van der Waals surface area contributed by atoms with Crippen LogP contribution in [-0.4, -0.2) is 22.8 Å². The van der Waals surface area contributed by atoms with Gasteiger partial charge in [0.15, 0.2) is 0 Å². The number of rotatable bonds is 2. The van der Waals surface area contributed by atoms with Gasteiger partial charge in [-0.15, -0.1) is 0 Å². The quantitative estimate of drug-likeness (QED) is 0.778. The summed E-state index contributed by atoms with van der Waals surface area (Å²) in [4.78, 5) is 4.20. The number of hydrogen-bond donors (Lipinski definition) is 0. The average molecular weight is 229 g/mol. The number of halogens is 1. The van der Waals surface area contributed by atoms with Crippen LogP contribution < -0.4 is 0 Å². The fourth-order valence-electron chi connectivity index (χ4n) is 2.16. The molecule has 0 atom stereocenters. The minimum Gasteiger partial charge on any atom is -0.381 e. The Morgan fingerprint density at radius 1 is 1.47 bits per heavy atom. The third kappa shape index (κ3) is 2.18. The van der Waals surface area contributed by atoms with Crippen LogP contribution in [0.3, 0.4) is 0 Å². The molecule has 0 N–H and O–H groups in total. The molecular formula is C11H17ClN2O. The summed E-state index contributed by atoms with van der Waals surface area (Å²) in [5.74, 6) is 0.557. The lowest BCUT2D eigenvalue weighted by molar-refractivity contribution is 0.0835. The summed E-state index contributed by atoms with van der Waals surface area (Å²) < 4.78 is 7.49. The predicted octanol–water partition coefficient (Wildman–Crippen LogP) is 3.01. The number of aromatic nitrogens is 2. The van der Waals surface area contributed by atoms with Crippen LogP contribution in [0.1, 0.15) is 44.3 Å². The van der Waals surface area contributed by atoms with E-state index in [1.54, 1.807) is 0 Å². The highest BCUT2D eigenvalue weighted by Gasteiger charge is 2.22. The van der Waals surface area contributed by atoms with Crippen LogP contribution in [0.2, 0.25) is 5.28 Å². The van der Waals surface area contributed by atoms with E-state index in [1.807, 2.05) is 6.20 Å². The molecule has 3 nitrogen and oxygen atoms in total. The molecule has 84 valence electrons. The molecule has 0 aliphatic carbocycles. The van der Waals surface area contributed by atoms with Gasteiger partial charge in [0, 0.05) is 30.9 Å². The van der Waals surface area contributed by atoms with Crippen LogP contribution in [0.5, 0.6) is 0 Å². The number of imidazole rings is 1. The van der Waals surface area contributed by atoms with Gasteiger partial charge in [0.05, 0.1) is 6.20 Å². The summed E-state index contributed by atoms with van der Waals surface area (Å²) in [6.07, 6.45) is 4.07. The number of ether oxygens (including phenoxy) is 1. The van der Waals surface area contributed by atoms with Crippen molar-refractivity contribution < 1.29 is 4.74 Å². The first-order valence-electron chi connectivity index (χ1n) is 5.50. The summed E-state index contributed by atoms with van der Waals surface area (Å²) in [7, 11) is 0. The van der Waals surface area contributed by atoms with Crippen molar-refractivity contribution in [2.45, 2.75) is 38.6 Å². The molecule has 1 aromatic heterocycles. The molecule has 4 heteroatoms. The molecule has 1 fully saturated rings. The molecule has 2 heterocycles. The molecule has 0 amide bonds. The Kier molecular flexibility index (Phi) is 3.32. The van der Waals surface area contributed by atoms with Crippen molar-refractivity contribution in [1.29, 1.82) is 0 Å². The Balaban J connectivity index is 2.26. The van der Waals surface area contributed by atoms with Crippen LogP contribution in [0.15, 0.2) is 6.20 Å². The van der Waals surface area contributed by atoms with Gasteiger partial charge >= 0.3 is 0 Å². The smallest absolute Gasteiger partial charge is 0.203 e. The maximum absolute atomic E-state index is 6.08. The SMILES string of the molecule is CC(C)n1c(C2CCOCC2)cnc1Cl. The summed E-state index contributed by atoms with van der Waals surface area (Å²) in [5, 5.41) is 0.603. The van der Waals surface area contributed by atoms with Crippen molar-refractivity contribution in [2.24, 2.45) is 0 Å². The van der Waals surface area contributed by atoms with Crippen molar-refractivity contribution in [1.82, 2.24) is 9.55 Å². The molecule has 0 bridgehead atoms. The highest BCUT2D eigenvalue weighted by molar-refractivity contribution is 6.28. The Hall–Kier alpha value is -0.540. The summed E-state index contributed by atoms with van der Waals surface area (Å²) >= 11 is 6.08. The molecule has 0 spiro atoms. The van der Waals surface area contributed by atoms with Crippen LogP contribution in [0.4, 0.5) is 0 Å². The second-order valence-electron chi connectivity index (χ2n) is 4.30. The lowest BCUT2D eigenvalue weighted by atomic mass is 9.96. The van der Waals surface area contributed by atoms with Gasteiger partial charge in [0.2, 0.25) is 5.28 Å². The first-order valence-corrected chi connectivity index (χ1v) is 5.88. The van der Waals surface area contributed by atoms with E-state index in [0.29, 0.717) is 17.2 Å². The third-order valence-corrected chi connectivity index (χ3v) is 3.22. The van der Waals surface area contributed by atoms with Crippen LogP contribution in [0, 0.1) is 0 Å². The van der Waals surface area contributed by atoms with Gasteiger partial charge in [0.1, 0.15) is 0 Å². The fraction of sp³-hybridized carbons (Fsp3) is 0.727. The maximum atomic E-state index is 6.08. The van der Waals surface area contributed by atoms with Crippen molar-refractivity contribution >= 4 is 11.6 Å². The molecule has 1 saturated heterocycles. The highest BCUT2D eigenvalue weighted by Crippen LogP contribution is 2.30. The first-order chi connectivity index (χ1) is 7.20. The lowest BCUT2D eigenvalue weighted by Crippen LogP contribution is -2.18. The van der Waals surface area contributed by atoms with Crippen LogP contribution in [-0.2, 0) is 4.74 Å². The fourth-order valence-corrected chi connectivity index (χ4v) is 2.50. The van der Waals surface area contributed by atoms with Gasteiger partial charge in [0.25, 0.3) is 0 Å². The van der Waals surface area contributed by atoms with Crippen LogP contribution >= 0.6 is 11.6 Å². The maximum Gasteiger partial charge on any atom is 0.203 e. The predicted molar refractivity (Wildman–Crippen MR) is 60.4 cm³/mol. The lowest BCUT2D eigenvalue weighted by Gasteiger charge is -2.24. The number of hydrogen-bond acceptors (Lipinski definition) is 2. The largest absolute Gasteiger partial charge is 0.381 e. The summed E-state index contributed by atoms with van der Waals surface area (Å²) in [6.45, 7) is 5.98. The second-order valence-corrected chi connectivity index (χ2v) is 4.64. The van der Waals surface area contributed by atoms with Crippen molar-refractivity contribution in [3.05, 3.63) is 17.2 Å². The number of nitrogens with zero attached hydrogens (tertiary/aromatic N) is 2. The second kappa shape index (κ2) is 4.54. The topological polar surface area (TPSA) is 27.1 Å². The van der Waals surface area contributed by atoms with Gasteiger partial charge in [-0.05, 0) is 38.3 Å². The first kappa shape index (κ1) is 11.0. The Bertz CT molecular complexity index is 329. The normalized spacial score (nSPS) is 18.7. The zero-order valence-electron chi connectivity index (χ0n) is 9.24. The molecule has 0 saturated carbocycles. The Labute approximate surface area is 95.4 Å². The summed E-state index contributed by atoms with van der Waals surface area (Å²) in [5.41, 5.74) is 1.26. The Morgan fingerprint density at radius 3 is 2.73 bits per heavy atom. The Morgan fingerprint density at radius 2 is 2.13 bits per heavy atom. The molecule has 1 aliphatic heterocycles. The van der Waals surface area contributed by atoms with E-state index in [2.05, 4.69) is 23.4 Å². The van der Waals surface area contributed by atoms with E-state index >= 15 is 0 Å². The van der Waals surface area contributed by atoms with Gasteiger partial charge in [-0.1, -0.05) is 0 Å². The van der Waals surface area contributed by atoms with E-state index in [-0.39, 0.29) is 0 Å². The van der Waals surface area contributed by atoms with E-state index < -0.39 is 0 Å². The van der Waals surface area contributed by atoms with E-state index in [1.165, 1.54) is 5.69 Å². The van der Waals surface area contributed by atoms with Crippen LogP contribution in [0.25, 0.3) is 0 Å². The minimum absolute atomic E-state index is 0.373.